The molecular formula is C34H30O3. The molecule has 0 radical (unpaired) electrons. The summed E-state index contributed by atoms with van der Waals surface area (Å²) in [5, 5.41) is 0. The lowest BCUT2D eigenvalue weighted by molar-refractivity contribution is -0.0419. The van der Waals surface area contributed by atoms with Gasteiger partial charge in [-0.1, -0.05) is 122 Å². The first-order valence-corrected chi connectivity index (χ1v) is 12.8. The van der Waals surface area contributed by atoms with Crippen LogP contribution in [0, 0.1) is 0 Å². The fraction of sp³-hybridized carbons (Fsp3) is 0.176. The zero-order valence-electron chi connectivity index (χ0n) is 20.8. The summed E-state index contributed by atoms with van der Waals surface area (Å²) in [6.45, 7) is 10.0. The highest BCUT2D eigenvalue weighted by atomic mass is 16.6. The smallest absolute Gasteiger partial charge is 0.112 e. The Balaban J connectivity index is 1.20. The summed E-state index contributed by atoms with van der Waals surface area (Å²) in [6, 6.07) is 37.5. The molecule has 0 saturated carbocycles. The fourth-order valence-electron chi connectivity index (χ4n) is 4.74. The van der Waals surface area contributed by atoms with Gasteiger partial charge < -0.3 is 14.2 Å². The second kappa shape index (κ2) is 10.3. The van der Waals surface area contributed by atoms with E-state index in [-0.39, 0.29) is 24.4 Å². The molecule has 3 heteroatoms. The lowest BCUT2D eigenvalue weighted by Gasteiger charge is -2.24. The van der Waals surface area contributed by atoms with Crippen molar-refractivity contribution in [2.45, 2.75) is 24.4 Å². The SMILES string of the molecule is C=C(c1ccccc1)c1ccc(C(OC(c2ccc(C(=C)c3ccccc3)cc2)C2CO2)C2CO2)cc1. The summed E-state index contributed by atoms with van der Waals surface area (Å²) >= 11 is 0. The van der Waals surface area contributed by atoms with Gasteiger partial charge in [-0.2, -0.15) is 0 Å². The van der Waals surface area contributed by atoms with Crippen molar-refractivity contribution in [2.75, 3.05) is 13.2 Å². The van der Waals surface area contributed by atoms with Gasteiger partial charge in [0.05, 0.1) is 13.2 Å². The second-order valence-corrected chi connectivity index (χ2v) is 9.65. The van der Waals surface area contributed by atoms with E-state index in [9.17, 15) is 0 Å². The third-order valence-corrected chi connectivity index (χ3v) is 7.11. The van der Waals surface area contributed by atoms with Gasteiger partial charge in [0.15, 0.2) is 0 Å². The molecule has 4 aromatic carbocycles. The third kappa shape index (κ3) is 5.35. The molecule has 0 bridgehead atoms. The molecule has 184 valence electrons. The fourth-order valence-corrected chi connectivity index (χ4v) is 4.74. The van der Waals surface area contributed by atoms with E-state index in [2.05, 4.69) is 86.0 Å². The van der Waals surface area contributed by atoms with Crippen molar-refractivity contribution in [1.29, 1.82) is 0 Å². The number of epoxide rings is 2. The molecule has 2 fully saturated rings. The van der Waals surface area contributed by atoms with E-state index in [1.165, 1.54) is 0 Å². The molecule has 3 nitrogen and oxygen atoms in total. The molecule has 37 heavy (non-hydrogen) atoms. The van der Waals surface area contributed by atoms with Crippen LogP contribution in [0.2, 0.25) is 0 Å². The van der Waals surface area contributed by atoms with Gasteiger partial charge in [0.2, 0.25) is 0 Å². The number of rotatable bonds is 10. The van der Waals surface area contributed by atoms with Gasteiger partial charge in [-0.15, -0.1) is 0 Å². The Labute approximate surface area is 218 Å². The van der Waals surface area contributed by atoms with Crippen molar-refractivity contribution in [3.05, 3.63) is 156 Å². The highest BCUT2D eigenvalue weighted by Crippen LogP contribution is 2.41. The highest BCUT2D eigenvalue weighted by molar-refractivity contribution is 5.78. The van der Waals surface area contributed by atoms with Gasteiger partial charge in [-0.25, -0.2) is 0 Å². The van der Waals surface area contributed by atoms with Gasteiger partial charge in [-0.05, 0) is 44.5 Å². The lowest BCUT2D eigenvalue weighted by atomic mass is 9.96. The Morgan fingerprint density at radius 1 is 0.541 bits per heavy atom. The van der Waals surface area contributed by atoms with Gasteiger partial charge in [0.25, 0.3) is 0 Å². The summed E-state index contributed by atoms with van der Waals surface area (Å²) in [5.74, 6) is 0. The average molecular weight is 487 g/mol. The highest BCUT2D eigenvalue weighted by Gasteiger charge is 2.42. The molecule has 0 aliphatic carbocycles. The topological polar surface area (TPSA) is 34.3 Å². The van der Waals surface area contributed by atoms with E-state index in [0.717, 1.165) is 44.5 Å². The van der Waals surface area contributed by atoms with Crippen molar-refractivity contribution >= 4 is 11.1 Å². The predicted molar refractivity (Wildman–Crippen MR) is 148 cm³/mol. The lowest BCUT2D eigenvalue weighted by Crippen LogP contribution is -2.19. The second-order valence-electron chi connectivity index (χ2n) is 9.65. The molecule has 4 unspecified atom stereocenters. The Morgan fingerprint density at radius 3 is 1.19 bits per heavy atom. The van der Waals surface area contributed by atoms with E-state index in [1.54, 1.807) is 0 Å². The Kier molecular flexibility index (Phi) is 6.58. The standard InChI is InChI=1S/C34H30O3/c1-23(25-9-5-3-6-10-25)27-13-17-29(18-14-27)33(31-21-35-31)37-34(32-22-36-32)30-19-15-28(16-20-30)24(2)26-11-7-4-8-12-26/h3-20,31-34H,1-2,21-22H2. The predicted octanol–water partition coefficient (Wildman–Crippen LogP) is 7.41. The molecule has 6 rings (SSSR count). The molecule has 2 heterocycles. The maximum Gasteiger partial charge on any atom is 0.112 e. The van der Waals surface area contributed by atoms with Gasteiger partial charge >= 0.3 is 0 Å². The van der Waals surface area contributed by atoms with E-state index >= 15 is 0 Å². The Bertz CT molecular complexity index is 1260. The summed E-state index contributed by atoms with van der Waals surface area (Å²) < 4.78 is 18.2. The minimum Gasteiger partial charge on any atom is -0.370 e. The molecule has 2 aliphatic rings. The summed E-state index contributed by atoms with van der Waals surface area (Å²) in [6.07, 6.45) is -0.206. The summed E-state index contributed by atoms with van der Waals surface area (Å²) in [4.78, 5) is 0. The Morgan fingerprint density at radius 2 is 0.865 bits per heavy atom. The normalized spacial score (nSPS) is 19.6. The van der Waals surface area contributed by atoms with E-state index in [4.69, 9.17) is 14.2 Å². The van der Waals surface area contributed by atoms with Crippen LogP contribution in [0.4, 0.5) is 0 Å². The first-order valence-electron chi connectivity index (χ1n) is 12.8. The molecule has 2 saturated heterocycles. The molecule has 4 atom stereocenters. The van der Waals surface area contributed by atoms with Crippen molar-refractivity contribution in [3.8, 4) is 0 Å². The van der Waals surface area contributed by atoms with E-state index in [1.807, 2.05) is 36.4 Å². The number of benzene rings is 4. The maximum atomic E-state index is 6.75. The average Bonchev–Trinajstić information content (AvgIpc) is 3.89. The molecular weight excluding hydrogens is 456 g/mol. The molecule has 0 N–H and O–H groups in total. The van der Waals surface area contributed by atoms with E-state index < -0.39 is 0 Å². The van der Waals surface area contributed by atoms with Gasteiger partial charge in [0, 0.05) is 0 Å². The molecule has 0 spiro atoms. The number of hydrogen-bond acceptors (Lipinski definition) is 3. The van der Waals surface area contributed by atoms with Crippen LogP contribution in [0.15, 0.2) is 122 Å². The number of hydrogen-bond donors (Lipinski definition) is 0. The van der Waals surface area contributed by atoms with Crippen LogP contribution in [0.5, 0.6) is 0 Å². The van der Waals surface area contributed by atoms with Crippen molar-refractivity contribution in [3.63, 3.8) is 0 Å². The van der Waals surface area contributed by atoms with Crippen LogP contribution in [0.1, 0.15) is 45.6 Å². The zero-order valence-corrected chi connectivity index (χ0v) is 20.8. The van der Waals surface area contributed by atoms with Crippen molar-refractivity contribution in [1.82, 2.24) is 0 Å². The first-order chi connectivity index (χ1) is 18.2. The molecule has 2 aliphatic heterocycles. The largest absolute Gasteiger partial charge is 0.370 e. The van der Waals surface area contributed by atoms with Crippen LogP contribution in [0.25, 0.3) is 11.1 Å². The summed E-state index contributed by atoms with van der Waals surface area (Å²) in [7, 11) is 0. The maximum absolute atomic E-state index is 6.75. The minimum atomic E-state index is -0.160. The molecule has 0 amide bonds. The van der Waals surface area contributed by atoms with Gasteiger partial charge in [0.1, 0.15) is 24.4 Å². The van der Waals surface area contributed by atoms with Crippen LogP contribution in [0.3, 0.4) is 0 Å². The quantitative estimate of drug-likeness (QED) is 0.219. The summed E-state index contributed by atoms with van der Waals surface area (Å²) in [5.41, 5.74) is 8.67. The van der Waals surface area contributed by atoms with Crippen molar-refractivity contribution in [2.24, 2.45) is 0 Å². The van der Waals surface area contributed by atoms with Crippen molar-refractivity contribution < 1.29 is 14.2 Å². The molecule has 4 aromatic rings. The van der Waals surface area contributed by atoms with Crippen LogP contribution in [-0.2, 0) is 14.2 Å². The monoisotopic (exact) mass is 486 g/mol. The Hall–Kier alpha value is -3.76. The first kappa shape index (κ1) is 23.6. The van der Waals surface area contributed by atoms with E-state index in [0.29, 0.717) is 13.2 Å². The number of ether oxygens (including phenoxy) is 3. The molecule has 0 aromatic heterocycles. The van der Waals surface area contributed by atoms with Crippen LogP contribution < -0.4 is 0 Å². The minimum absolute atomic E-state index is 0.0570. The van der Waals surface area contributed by atoms with Crippen LogP contribution >= 0.6 is 0 Å². The third-order valence-electron chi connectivity index (χ3n) is 7.11. The zero-order chi connectivity index (χ0) is 25.2. The van der Waals surface area contributed by atoms with Gasteiger partial charge in [-0.3, -0.25) is 0 Å². The van der Waals surface area contributed by atoms with Crippen LogP contribution in [-0.4, -0.2) is 25.4 Å².